The highest BCUT2D eigenvalue weighted by Crippen LogP contribution is 1.87. The maximum absolute atomic E-state index is 10.2. The van der Waals surface area contributed by atoms with E-state index >= 15 is 0 Å². The molecule has 0 saturated carbocycles. The fourth-order valence-electron chi connectivity index (χ4n) is 0.326. The summed E-state index contributed by atoms with van der Waals surface area (Å²) in [7, 11) is 1.33. The van der Waals surface area contributed by atoms with E-state index < -0.39 is 0 Å². The van der Waals surface area contributed by atoms with Crippen molar-refractivity contribution in [1.82, 2.24) is 0 Å². The van der Waals surface area contributed by atoms with Gasteiger partial charge in [-0.05, 0) is 6.92 Å². The molecule has 0 radical (unpaired) electrons. The number of carbonyl (C=O) groups excluding carboxylic acids is 1. The summed E-state index contributed by atoms with van der Waals surface area (Å²) in [6.07, 6.45) is 1.38. The zero-order chi connectivity index (χ0) is 10.7. The number of nitrogens with two attached hydrogens (primary N) is 1. The Labute approximate surface area is 79.0 Å². The van der Waals surface area contributed by atoms with Crippen molar-refractivity contribution in [2.75, 3.05) is 20.3 Å². The minimum Gasteiger partial charge on any atom is -0.500 e. The van der Waals surface area contributed by atoms with E-state index in [1.165, 1.54) is 13.4 Å². The number of esters is 1. The molecule has 0 fully saturated rings. The zero-order valence-electron chi connectivity index (χ0n) is 8.21. The van der Waals surface area contributed by atoms with Gasteiger partial charge in [0.2, 0.25) is 0 Å². The lowest BCUT2D eigenvalue weighted by atomic mass is 10.4. The van der Waals surface area contributed by atoms with Gasteiger partial charge in [0.25, 0.3) is 0 Å². The maximum Gasteiger partial charge on any atom is 0.332 e. The summed E-state index contributed by atoms with van der Waals surface area (Å²) in [5.74, 6) is -0.347. The summed E-state index contributed by atoms with van der Waals surface area (Å²) >= 11 is 0. The first kappa shape index (κ1) is 14.2. The number of rotatable bonds is 4. The van der Waals surface area contributed by atoms with E-state index in [1.807, 2.05) is 0 Å². The van der Waals surface area contributed by atoms with Gasteiger partial charge in [-0.25, -0.2) is 4.79 Å². The Bertz CT molecular complexity index is 166. The van der Waals surface area contributed by atoms with Crippen LogP contribution in [0.2, 0.25) is 0 Å². The van der Waals surface area contributed by atoms with Crippen LogP contribution in [0.15, 0.2) is 25.0 Å². The first-order valence-corrected chi connectivity index (χ1v) is 3.76. The van der Waals surface area contributed by atoms with E-state index in [0.717, 1.165) is 0 Å². The summed E-state index contributed by atoms with van der Waals surface area (Å²) in [6, 6.07) is 0. The molecule has 0 aromatic carbocycles. The molecule has 0 aliphatic carbocycles. The Morgan fingerprint density at radius 1 is 1.62 bits per heavy atom. The fraction of sp³-hybridized carbons (Fsp3) is 0.444. The van der Waals surface area contributed by atoms with Crippen LogP contribution < -0.4 is 5.73 Å². The number of methoxy groups -OCH3 is 1. The lowest BCUT2D eigenvalue weighted by molar-refractivity contribution is -0.136. The van der Waals surface area contributed by atoms with Crippen molar-refractivity contribution in [2.24, 2.45) is 5.73 Å². The fourth-order valence-corrected chi connectivity index (χ4v) is 0.326. The molecular weight excluding hydrogens is 170 g/mol. The summed E-state index contributed by atoms with van der Waals surface area (Å²) in [5, 5.41) is 0. The Balaban J connectivity index is 0. The molecule has 0 aliphatic rings. The lowest BCUT2D eigenvalue weighted by Crippen LogP contribution is -2.04. The topological polar surface area (TPSA) is 61.5 Å². The molecule has 13 heavy (non-hydrogen) atoms. The predicted molar refractivity (Wildman–Crippen MR) is 52.0 cm³/mol. The van der Waals surface area contributed by atoms with E-state index in [4.69, 9.17) is 5.73 Å². The van der Waals surface area contributed by atoms with Gasteiger partial charge in [0.15, 0.2) is 0 Å². The Hall–Kier alpha value is -1.29. The van der Waals surface area contributed by atoms with Crippen LogP contribution in [0.25, 0.3) is 0 Å². The Morgan fingerprint density at radius 3 is 2.23 bits per heavy atom. The molecule has 0 amide bonds. The Kier molecular flexibility index (Phi) is 11.7. The predicted octanol–water partition coefficient (Wildman–Crippen LogP) is 0.841. The van der Waals surface area contributed by atoms with Gasteiger partial charge in [-0.3, -0.25) is 0 Å². The van der Waals surface area contributed by atoms with Crippen LogP contribution in [0.1, 0.15) is 6.92 Å². The first-order valence-electron chi connectivity index (χ1n) is 3.76. The van der Waals surface area contributed by atoms with Crippen molar-refractivity contribution in [1.29, 1.82) is 0 Å². The summed E-state index contributed by atoms with van der Waals surface area (Å²) < 4.78 is 8.89. The highest BCUT2D eigenvalue weighted by molar-refractivity contribution is 5.86. The SMILES string of the molecule is C=C(C)C(=O)OC.C=COCCN. The van der Waals surface area contributed by atoms with Gasteiger partial charge >= 0.3 is 5.97 Å². The molecule has 0 saturated heterocycles. The van der Waals surface area contributed by atoms with Crippen LogP contribution >= 0.6 is 0 Å². The molecule has 0 heterocycles. The molecule has 4 nitrogen and oxygen atoms in total. The molecule has 0 rings (SSSR count). The number of hydrogen-bond acceptors (Lipinski definition) is 4. The van der Waals surface area contributed by atoms with E-state index in [0.29, 0.717) is 18.7 Å². The van der Waals surface area contributed by atoms with Gasteiger partial charge in [-0.15, -0.1) is 0 Å². The smallest absolute Gasteiger partial charge is 0.332 e. The van der Waals surface area contributed by atoms with E-state index in [9.17, 15) is 4.79 Å². The van der Waals surface area contributed by atoms with Gasteiger partial charge in [-0.1, -0.05) is 13.2 Å². The van der Waals surface area contributed by atoms with Crippen molar-refractivity contribution >= 4 is 5.97 Å². The van der Waals surface area contributed by atoms with Crippen molar-refractivity contribution < 1.29 is 14.3 Å². The van der Waals surface area contributed by atoms with Gasteiger partial charge in [0.05, 0.1) is 20.0 Å². The zero-order valence-corrected chi connectivity index (χ0v) is 8.21. The second kappa shape index (κ2) is 10.7. The van der Waals surface area contributed by atoms with Crippen molar-refractivity contribution in [3.63, 3.8) is 0 Å². The van der Waals surface area contributed by atoms with Gasteiger partial charge < -0.3 is 15.2 Å². The molecule has 0 aromatic heterocycles. The van der Waals surface area contributed by atoms with Gasteiger partial charge in [0, 0.05) is 12.1 Å². The van der Waals surface area contributed by atoms with Crippen molar-refractivity contribution in [3.05, 3.63) is 25.0 Å². The van der Waals surface area contributed by atoms with E-state index in [-0.39, 0.29) is 5.97 Å². The molecule has 0 unspecified atom stereocenters. The standard InChI is InChI=1S/C5H8O2.C4H9NO/c1-4(2)5(6)7-3;1-2-6-4-3-5/h1H2,2-3H3;2H,1,3-5H2. The third-order valence-electron chi connectivity index (χ3n) is 0.887. The number of carbonyl (C=O) groups is 1. The van der Waals surface area contributed by atoms with Crippen molar-refractivity contribution in [3.8, 4) is 0 Å². The van der Waals surface area contributed by atoms with E-state index in [1.54, 1.807) is 6.92 Å². The summed E-state index contributed by atoms with van der Waals surface area (Å²) in [5.41, 5.74) is 5.47. The normalized spacial score (nSPS) is 7.62. The lowest BCUT2D eigenvalue weighted by Gasteiger charge is -1.91. The van der Waals surface area contributed by atoms with Crippen LogP contribution in [0, 0.1) is 0 Å². The molecule has 2 N–H and O–H groups in total. The molecule has 0 spiro atoms. The molecule has 0 aliphatic heterocycles. The number of hydrogen-bond donors (Lipinski definition) is 1. The molecule has 76 valence electrons. The molecule has 4 heteroatoms. The minimum atomic E-state index is -0.347. The highest BCUT2D eigenvalue weighted by atomic mass is 16.5. The molecular formula is C9H17NO3. The molecule has 0 bridgehead atoms. The average Bonchev–Trinajstić information content (AvgIpc) is 2.14. The third-order valence-corrected chi connectivity index (χ3v) is 0.887. The largest absolute Gasteiger partial charge is 0.500 e. The summed E-state index contributed by atoms with van der Waals surface area (Å²) in [6.45, 7) is 9.41. The van der Waals surface area contributed by atoms with Gasteiger partial charge in [0.1, 0.15) is 0 Å². The maximum atomic E-state index is 10.2. The monoisotopic (exact) mass is 187 g/mol. The summed E-state index contributed by atoms with van der Waals surface area (Å²) in [4.78, 5) is 10.2. The first-order chi connectivity index (χ1) is 6.09. The second-order valence-corrected chi connectivity index (χ2v) is 2.10. The number of ether oxygens (including phenoxy) is 2. The Morgan fingerprint density at radius 2 is 2.15 bits per heavy atom. The second-order valence-electron chi connectivity index (χ2n) is 2.10. The van der Waals surface area contributed by atoms with Crippen LogP contribution in [-0.2, 0) is 14.3 Å². The van der Waals surface area contributed by atoms with E-state index in [2.05, 4.69) is 22.6 Å². The molecule has 0 aromatic rings. The highest BCUT2D eigenvalue weighted by Gasteiger charge is 1.95. The van der Waals surface area contributed by atoms with Crippen LogP contribution in [-0.4, -0.2) is 26.2 Å². The molecule has 0 atom stereocenters. The van der Waals surface area contributed by atoms with Gasteiger partial charge in [-0.2, -0.15) is 0 Å². The van der Waals surface area contributed by atoms with Crippen molar-refractivity contribution in [2.45, 2.75) is 6.92 Å². The van der Waals surface area contributed by atoms with Crippen LogP contribution in [0.5, 0.6) is 0 Å². The van der Waals surface area contributed by atoms with Crippen LogP contribution in [0.4, 0.5) is 0 Å². The quantitative estimate of drug-likeness (QED) is 0.306. The minimum absolute atomic E-state index is 0.347. The third kappa shape index (κ3) is 13.7. The van der Waals surface area contributed by atoms with Crippen LogP contribution in [0.3, 0.4) is 0 Å². The average molecular weight is 187 g/mol.